The maximum Gasteiger partial charge on any atom is 0.132 e. The maximum absolute atomic E-state index is 9.29. The highest BCUT2D eigenvalue weighted by Gasteiger charge is 2.18. The van der Waals surface area contributed by atoms with E-state index in [1.807, 2.05) is 25.3 Å². The van der Waals surface area contributed by atoms with Crippen LogP contribution < -0.4 is 9.47 Å². The first-order valence-corrected chi connectivity index (χ1v) is 6.31. The molecule has 0 radical (unpaired) electrons. The van der Waals surface area contributed by atoms with Gasteiger partial charge in [-0.1, -0.05) is 6.92 Å². The van der Waals surface area contributed by atoms with Crippen LogP contribution in [0.5, 0.6) is 11.5 Å². The second-order valence-electron chi connectivity index (χ2n) is 3.50. The normalized spacial score (nSPS) is 12.3. The fourth-order valence-corrected chi connectivity index (χ4v) is 2.54. The fourth-order valence-electron chi connectivity index (χ4n) is 1.67. The number of thioether (sulfide) groups is 1. The summed E-state index contributed by atoms with van der Waals surface area (Å²) >= 11 is 1.60. The van der Waals surface area contributed by atoms with Crippen molar-refractivity contribution in [1.29, 1.82) is 0 Å². The van der Waals surface area contributed by atoms with Gasteiger partial charge in [-0.15, -0.1) is 11.8 Å². The van der Waals surface area contributed by atoms with Crippen LogP contribution in [0.15, 0.2) is 17.0 Å². The molecule has 0 fully saturated rings. The molecule has 0 heterocycles. The predicted octanol–water partition coefficient (Wildman–Crippen LogP) is 2.52. The van der Waals surface area contributed by atoms with Gasteiger partial charge in [0.25, 0.3) is 0 Å². The van der Waals surface area contributed by atoms with Gasteiger partial charge in [-0.05, 0) is 18.4 Å². The molecule has 1 aromatic carbocycles. The minimum absolute atomic E-state index is 0.0347. The summed E-state index contributed by atoms with van der Waals surface area (Å²) in [6.07, 6.45) is 1.99. The third-order valence-corrected chi connectivity index (χ3v) is 3.36. The largest absolute Gasteiger partial charge is 0.496 e. The van der Waals surface area contributed by atoms with Crippen LogP contribution >= 0.6 is 11.8 Å². The molecule has 1 rings (SSSR count). The summed E-state index contributed by atoms with van der Waals surface area (Å²) in [6.45, 7) is 2.06. The Bertz CT molecular complexity index is 352. The van der Waals surface area contributed by atoms with E-state index in [2.05, 4.69) is 0 Å². The van der Waals surface area contributed by atoms with Crippen molar-refractivity contribution in [1.82, 2.24) is 0 Å². The van der Waals surface area contributed by atoms with Gasteiger partial charge in [-0.3, -0.25) is 0 Å². The lowest BCUT2D eigenvalue weighted by atomic mass is 10.0. The number of aliphatic hydroxyl groups is 1. The Balaban J connectivity index is 3.36. The van der Waals surface area contributed by atoms with Crippen molar-refractivity contribution in [2.75, 3.05) is 27.1 Å². The van der Waals surface area contributed by atoms with Gasteiger partial charge in [0.2, 0.25) is 0 Å². The smallest absolute Gasteiger partial charge is 0.132 e. The number of benzene rings is 1. The molecule has 0 aliphatic carbocycles. The summed E-state index contributed by atoms with van der Waals surface area (Å²) in [4.78, 5) is 1.03. The Labute approximate surface area is 101 Å². The summed E-state index contributed by atoms with van der Waals surface area (Å²) < 4.78 is 10.6. The third kappa shape index (κ3) is 2.44. The van der Waals surface area contributed by atoms with E-state index in [9.17, 15) is 5.11 Å². The van der Waals surface area contributed by atoms with E-state index in [1.54, 1.807) is 26.0 Å². The van der Waals surface area contributed by atoms with E-state index in [0.29, 0.717) is 0 Å². The van der Waals surface area contributed by atoms with Crippen LogP contribution in [0, 0.1) is 0 Å². The van der Waals surface area contributed by atoms with Crippen molar-refractivity contribution in [3.05, 3.63) is 17.7 Å². The lowest BCUT2D eigenvalue weighted by Gasteiger charge is -2.19. The van der Waals surface area contributed by atoms with Crippen molar-refractivity contribution in [3.63, 3.8) is 0 Å². The zero-order valence-electron chi connectivity index (χ0n) is 10.1. The molecule has 16 heavy (non-hydrogen) atoms. The molecular formula is C12H18O3S. The summed E-state index contributed by atoms with van der Waals surface area (Å²) in [5.41, 5.74) is 1.01. The quantitative estimate of drug-likeness (QED) is 0.805. The van der Waals surface area contributed by atoms with E-state index in [-0.39, 0.29) is 12.5 Å². The van der Waals surface area contributed by atoms with Crippen LogP contribution in [0.1, 0.15) is 18.4 Å². The van der Waals surface area contributed by atoms with E-state index >= 15 is 0 Å². The first-order valence-electron chi connectivity index (χ1n) is 5.09. The summed E-state index contributed by atoms with van der Waals surface area (Å²) in [7, 11) is 3.29. The monoisotopic (exact) mass is 242 g/mol. The second-order valence-corrected chi connectivity index (χ2v) is 4.32. The molecule has 3 nitrogen and oxygen atoms in total. The number of methoxy groups -OCH3 is 2. The molecule has 0 spiro atoms. The topological polar surface area (TPSA) is 38.7 Å². The number of rotatable bonds is 5. The van der Waals surface area contributed by atoms with Crippen molar-refractivity contribution in [2.24, 2.45) is 0 Å². The second kappa shape index (κ2) is 6.01. The Morgan fingerprint density at radius 1 is 1.25 bits per heavy atom. The van der Waals surface area contributed by atoms with Gasteiger partial charge >= 0.3 is 0 Å². The number of ether oxygens (including phenoxy) is 2. The number of aliphatic hydroxyl groups excluding tert-OH is 1. The molecule has 0 amide bonds. The van der Waals surface area contributed by atoms with Crippen LogP contribution in [0.25, 0.3) is 0 Å². The molecule has 0 saturated carbocycles. The fraction of sp³-hybridized carbons (Fsp3) is 0.500. The minimum Gasteiger partial charge on any atom is -0.496 e. The van der Waals surface area contributed by atoms with Gasteiger partial charge in [0.15, 0.2) is 0 Å². The van der Waals surface area contributed by atoms with E-state index in [0.717, 1.165) is 22.0 Å². The summed E-state index contributed by atoms with van der Waals surface area (Å²) in [5.74, 6) is 1.66. The number of hydrogen-bond donors (Lipinski definition) is 1. The zero-order chi connectivity index (χ0) is 12.1. The average Bonchev–Trinajstić information content (AvgIpc) is 2.35. The standard InChI is InChI=1S/C12H18O3S/c1-8(7-13)11-9(14-2)5-6-10(15-3)12(11)16-4/h5-6,8,13H,7H2,1-4H3. The molecule has 90 valence electrons. The van der Waals surface area contributed by atoms with E-state index in [1.165, 1.54) is 0 Å². The molecule has 0 aliphatic rings. The van der Waals surface area contributed by atoms with Crippen molar-refractivity contribution in [3.8, 4) is 11.5 Å². The number of hydrogen-bond acceptors (Lipinski definition) is 4. The van der Waals surface area contributed by atoms with Crippen molar-refractivity contribution in [2.45, 2.75) is 17.7 Å². The van der Waals surface area contributed by atoms with Gasteiger partial charge in [-0.25, -0.2) is 0 Å². The van der Waals surface area contributed by atoms with E-state index < -0.39 is 0 Å². The molecule has 0 aliphatic heterocycles. The first kappa shape index (κ1) is 13.2. The molecule has 1 unspecified atom stereocenters. The molecule has 1 N–H and O–H groups in total. The highest BCUT2D eigenvalue weighted by atomic mass is 32.2. The Morgan fingerprint density at radius 3 is 2.25 bits per heavy atom. The molecule has 4 heteroatoms. The molecule has 1 atom stereocenters. The maximum atomic E-state index is 9.29. The SMILES string of the molecule is COc1ccc(OC)c(C(C)CO)c1SC. The summed E-state index contributed by atoms with van der Waals surface area (Å²) in [6, 6.07) is 3.76. The van der Waals surface area contributed by atoms with Crippen LogP contribution in [0.4, 0.5) is 0 Å². The lowest BCUT2D eigenvalue weighted by molar-refractivity contribution is 0.267. The van der Waals surface area contributed by atoms with Crippen LogP contribution in [0.3, 0.4) is 0 Å². The molecule has 0 saturated heterocycles. The average molecular weight is 242 g/mol. The van der Waals surface area contributed by atoms with Crippen LogP contribution in [-0.4, -0.2) is 32.2 Å². The van der Waals surface area contributed by atoms with Gasteiger partial charge in [0, 0.05) is 18.1 Å². The summed E-state index contributed by atoms with van der Waals surface area (Å²) in [5, 5.41) is 9.29. The zero-order valence-corrected chi connectivity index (χ0v) is 10.9. The van der Waals surface area contributed by atoms with Crippen LogP contribution in [-0.2, 0) is 0 Å². The van der Waals surface area contributed by atoms with Crippen LogP contribution in [0.2, 0.25) is 0 Å². The highest BCUT2D eigenvalue weighted by Crippen LogP contribution is 2.40. The lowest BCUT2D eigenvalue weighted by Crippen LogP contribution is -2.05. The van der Waals surface area contributed by atoms with Gasteiger partial charge in [0.05, 0.1) is 19.1 Å². The molecule has 0 bridgehead atoms. The third-order valence-electron chi connectivity index (χ3n) is 2.53. The van der Waals surface area contributed by atoms with E-state index in [4.69, 9.17) is 9.47 Å². The van der Waals surface area contributed by atoms with Crippen molar-refractivity contribution >= 4 is 11.8 Å². The van der Waals surface area contributed by atoms with Gasteiger partial charge in [0.1, 0.15) is 11.5 Å². The predicted molar refractivity (Wildman–Crippen MR) is 66.8 cm³/mol. The highest BCUT2D eigenvalue weighted by molar-refractivity contribution is 7.98. The molecular weight excluding hydrogens is 224 g/mol. The minimum atomic E-state index is 0.0347. The van der Waals surface area contributed by atoms with Crippen molar-refractivity contribution < 1.29 is 14.6 Å². The molecule has 0 aromatic heterocycles. The van der Waals surface area contributed by atoms with Gasteiger partial charge < -0.3 is 14.6 Å². The first-order chi connectivity index (χ1) is 7.69. The Morgan fingerprint density at radius 2 is 1.81 bits per heavy atom. The molecule has 1 aromatic rings. The Hall–Kier alpha value is -0.870. The Kier molecular flexibility index (Phi) is 4.96. The van der Waals surface area contributed by atoms with Gasteiger partial charge in [-0.2, -0.15) is 0 Å².